The van der Waals surface area contributed by atoms with E-state index >= 15 is 0 Å². The number of benzene rings is 2. The molecule has 3 nitrogen and oxygen atoms in total. The van der Waals surface area contributed by atoms with E-state index in [0.29, 0.717) is 6.04 Å². The van der Waals surface area contributed by atoms with Crippen LogP contribution in [0.4, 0.5) is 0 Å². The van der Waals surface area contributed by atoms with Crippen molar-refractivity contribution in [1.29, 1.82) is 0 Å². The van der Waals surface area contributed by atoms with Crippen molar-refractivity contribution in [2.24, 2.45) is 0 Å². The van der Waals surface area contributed by atoms with Crippen LogP contribution in [0.2, 0.25) is 0 Å². The van der Waals surface area contributed by atoms with Gasteiger partial charge < -0.3 is 4.90 Å². The Balaban J connectivity index is 0.00000171. The second kappa shape index (κ2) is 11.8. The van der Waals surface area contributed by atoms with Crippen LogP contribution in [0.5, 0.6) is 0 Å². The number of pyridine rings is 1. The Morgan fingerprint density at radius 1 is 0.935 bits per heavy atom. The van der Waals surface area contributed by atoms with Gasteiger partial charge in [-0.1, -0.05) is 62.4 Å². The van der Waals surface area contributed by atoms with Crippen LogP contribution in [0.15, 0.2) is 60.7 Å². The van der Waals surface area contributed by atoms with E-state index in [2.05, 4.69) is 91.2 Å². The number of nitrogens with zero attached hydrogens (tertiary/aromatic N) is 3. The molecule has 1 saturated heterocycles. The molecule has 2 heterocycles. The van der Waals surface area contributed by atoms with E-state index in [9.17, 15) is 0 Å². The minimum atomic E-state index is 0. The van der Waals surface area contributed by atoms with Gasteiger partial charge in [-0.05, 0) is 50.6 Å². The normalized spacial score (nSPS) is 16.0. The number of aromatic nitrogens is 1. The second-order valence-electron chi connectivity index (χ2n) is 8.14. The van der Waals surface area contributed by atoms with Crippen LogP contribution < -0.4 is 0 Å². The zero-order chi connectivity index (χ0) is 20.2. The molecule has 0 amide bonds. The van der Waals surface area contributed by atoms with Crippen molar-refractivity contribution in [3.8, 4) is 11.3 Å². The van der Waals surface area contributed by atoms with Crippen LogP contribution in [-0.2, 0) is 0 Å². The molecule has 0 spiro atoms. The molecule has 2 aromatic carbocycles. The molecule has 3 aromatic rings. The summed E-state index contributed by atoms with van der Waals surface area (Å²) in [6.07, 6.45) is 2.53. The molecular weight excluding hydrogens is 425 g/mol. The van der Waals surface area contributed by atoms with Crippen molar-refractivity contribution in [3.63, 3.8) is 0 Å². The third-order valence-corrected chi connectivity index (χ3v) is 6.64. The molecule has 5 heteroatoms. The predicted octanol–water partition coefficient (Wildman–Crippen LogP) is 6.61. The van der Waals surface area contributed by atoms with Crippen LogP contribution in [0.3, 0.4) is 0 Å². The fourth-order valence-electron chi connectivity index (χ4n) is 4.88. The number of para-hydroxylation sites is 1. The molecule has 1 aliphatic rings. The van der Waals surface area contributed by atoms with Gasteiger partial charge in [0.2, 0.25) is 0 Å². The van der Waals surface area contributed by atoms with Crippen molar-refractivity contribution in [3.05, 3.63) is 66.2 Å². The first-order valence-corrected chi connectivity index (χ1v) is 11.1. The SMILES string of the molecule is CCN(CC)C1CCN(C(C)c2cc(-c3ccccc3)nc3ccccc23)CC1.Cl.Cl. The van der Waals surface area contributed by atoms with Gasteiger partial charge in [-0.25, -0.2) is 4.98 Å². The Hall–Kier alpha value is -1.65. The standard InChI is InChI=1S/C26H33N3.2ClH/c1-4-28(5-2)22-15-17-29(18-16-22)20(3)24-19-26(21-11-7-6-8-12-21)27-25-14-10-9-13-23(24)25;;/h6-14,19-20,22H,4-5,15-18H2,1-3H3;2*1H. The van der Waals surface area contributed by atoms with E-state index in [0.717, 1.165) is 30.3 Å². The summed E-state index contributed by atoms with van der Waals surface area (Å²) in [7, 11) is 0. The summed E-state index contributed by atoms with van der Waals surface area (Å²) in [5.41, 5.74) is 4.75. The Kier molecular flexibility index (Phi) is 9.77. The van der Waals surface area contributed by atoms with Crippen LogP contribution in [-0.4, -0.2) is 47.0 Å². The van der Waals surface area contributed by atoms with Gasteiger partial charge in [-0.15, -0.1) is 24.8 Å². The quantitative estimate of drug-likeness (QED) is 0.413. The number of halogens is 2. The fourth-order valence-corrected chi connectivity index (χ4v) is 4.88. The van der Waals surface area contributed by atoms with E-state index < -0.39 is 0 Å². The molecular formula is C26H35Cl2N3. The zero-order valence-electron chi connectivity index (χ0n) is 18.8. The first-order chi connectivity index (χ1) is 14.2. The van der Waals surface area contributed by atoms with Gasteiger partial charge in [0.05, 0.1) is 11.2 Å². The molecule has 1 unspecified atom stereocenters. The highest BCUT2D eigenvalue weighted by Crippen LogP contribution is 2.33. The largest absolute Gasteiger partial charge is 0.301 e. The molecule has 0 radical (unpaired) electrons. The predicted molar refractivity (Wildman–Crippen MR) is 138 cm³/mol. The molecule has 0 saturated carbocycles. The summed E-state index contributed by atoms with van der Waals surface area (Å²) in [5, 5.41) is 1.28. The molecule has 1 aliphatic heterocycles. The molecule has 1 fully saturated rings. The van der Waals surface area contributed by atoms with Gasteiger partial charge in [0.25, 0.3) is 0 Å². The number of hydrogen-bond donors (Lipinski definition) is 0. The lowest BCUT2D eigenvalue weighted by Gasteiger charge is -2.40. The molecule has 168 valence electrons. The lowest BCUT2D eigenvalue weighted by Crippen LogP contribution is -2.45. The first kappa shape index (κ1) is 25.6. The Morgan fingerprint density at radius 2 is 1.55 bits per heavy atom. The number of likely N-dealkylation sites (tertiary alicyclic amines) is 1. The minimum Gasteiger partial charge on any atom is -0.301 e. The monoisotopic (exact) mass is 459 g/mol. The van der Waals surface area contributed by atoms with E-state index in [-0.39, 0.29) is 24.8 Å². The maximum absolute atomic E-state index is 4.97. The minimum absolute atomic E-state index is 0. The second-order valence-corrected chi connectivity index (χ2v) is 8.14. The third-order valence-electron chi connectivity index (χ3n) is 6.64. The molecule has 31 heavy (non-hydrogen) atoms. The third kappa shape index (κ3) is 5.59. The summed E-state index contributed by atoms with van der Waals surface area (Å²) >= 11 is 0. The Bertz CT molecular complexity index is 936. The van der Waals surface area contributed by atoms with Crippen LogP contribution in [0.1, 0.15) is 45.2 Å². The van der Waals surface area contributed by atoms with Crippen LogP contribution in [0, 0.1) is 0 Å². The highest BCUT2D eigenvalue weighted by Gasteiger charge is 2.27. The first-order valence-electron chi connectivity index (χ1n) is 11.1. The number of fused-ring (bicyclic) bond motifs is 1. The van der Waals surface area contributed by atoms with Crippen molar-refractivity contribution in [2.75, 3.05) is 26.2 Å². The van der Waals surface area contributed by atoms with Gasteiger partial charge in [-0.2, -0.15) is 0 Å². The smallest absolute Gasteiger partial charge is 0.0713 e. The van der Waals surface area contributed by atoms with Crippen molar-refractivity contribution in [2.45, 2.75) is 45.7 Å². The highest BCUT2D eigenvalue weighted by atomic mass is 35.5. The topological polar surface area (TPSA) is 19.4 Å². The summed E-state index contributed by atoms with van der Waals surface area (Å²) < 4.78 is 0. The fraction of sp³-hybridized carbons (Fsp3) is 0.423. The van der Waals surface area contributed by atoms with Gasteiger partial charge in [0.1, 0.15) is 0 Å². The van der Waals surface area contributed by atoms with E-state index in [1.54, 1.807) is 0 Å². The number of hydrogen-bond acceptors (Lipinski definition) is 3. The lowest BCUT2D eigenvalue weighted by atomic mass is 9.95. The maximum atomic E-state index is 4.97. The van der Waals surface area contributed by atoms with Crippen molar-refractivity contribution >= 4 is 35.7 Å². The number of piperidine rings is 1. The molecule has 1 atom stereocenters. The van der Waals surface area contributed by atoms with Gasteiger partial charge in [-0.3, -0.25) is 4.90 Å². The zero-order valence-corrected chi connectivity index (χ0v) is 20.5. The van der Waals surface area contributed by atoms with Crippen molar-refractivity contribution < 1.29 is 0 Å². The molecule has 4 rings (SSSR count). The average molecular weight is 460 g/mol. The Labute approximate surface area is 199 Å². The summed E-state index contributed by atoms with van der Waals surface area (Å²) in [4.78, 5) is 10.3. The van der Waals surface area contributed by atoms with Crippen LogP contribution >= 0.6 is 24.8 Å². The van der Waals surface area contributed by atoms with Gasteiger partial charge >= 0.3 is 0 Å². The maximum Gasteiger partial charge on any atom is 0.0713 e. The van der Waals surface area contributed by atoms with E-state index in [4.69, 9.17) is 4.98 Å². The molecule has 0 bridgehead atoms. The summed E-state index contributed by atoms with van der Waals surface area (Å²) in [5.74, 6) is 0. The van der Waals surface area contributed by atoms with Crippen LogP contribution in [0.25, 0.3) is 22.2 Å². The highest BCUT2D eigenvalue weighted by molar-refractivity contribution is 5.86. The average Bonchev–Trinajstić information content (AvgIpc) is 2.80. The van der Waals surface area contributed by atoms with Gasteiger partial charge in [0, 0.05) is 36.1 Å². The molecule has 0 aliphatic carbocycles. The summed E-state index contributed by atoms with van der Waals surface area (Å²) in [6.45, 7) is 11.6. The molecule has 1 aromatic heterocycles. The van der Waals surface area contributed by atoms with E-state index in [1.165, 1.54) is 42.4 Å². The molecule has 0 N–H and O–H groups in total. The number of rotatable bonds is 6. The Morgan fingerprint density at radius 3 is 2.19 bits per heavy atom. The van der Waals surface area contributed by atoms with Gasteiger partial charge in [0.15, 0.2) is 0 Å². The lowest BCUT2D eigenvalue weighted by molar-refractivity contribution is 0.0943. The van der Waals surface area contributed by atoms with E-state index in [1.807, 2.05) is 0 Å². The summed E-state index contributed by atoms with van der Waals surface area (Å²) in [6, 6.07) is 22.6. The van der Waals surface area contributed by atoms with Crippen molar-refractivity contribution in [1.82, 2.24) is 14.8 Å².